The summed E-state index contributed by atoms with van der Waals surface area (Å²) in [5.41, 5.74) is -0.116. The van der Waals surface area contributed by atoms with E-state index in [9.17, 15) is 18.7 Å². The Morgan fingerprint density at radius 1 is 1.39 bits per heavy atom. The molecule has 18 heavy (non-hydrogen) atoms. The van der Waals surface area contributed by atoms with Crippen LogP contribution in [-0.2, 0) is 0 Å². The number of hydrogen-bond donors (Lipinski definition) is 2. The van der Waals surface area contributed by atoms with Gasteiger partial charge < -0.3 is 15.1 Å². The van der Waals surface area contributed by atoms with E-state index in [0.717, 1.165) is 11.0 Å². The molecule has 0 aliphatic rings. The number of nitrogens with zero attached hydrogens (tertiary/aromatic N) is 1. The Labute approximate surface area is 111 Å². The van der Waals surface area contributed by atoms with Crippen molar-refractivity contribution in [2.45, 2.75) is 6.43 Å². The highest BCUT2D eigenvalue weighted by molar-refractivity contribution is 9.09. The predicted octanol–water partition coefficient (Wildman–Crippen LogP) is 2.20. The number of benzene rings is 1. The van der Waals surface area contributed by atoms with Crippen LogP contribution in [-0.4, -0.2) is 45.9 Å². The second kappa shape index (κ2) is 6.53. The molecule has 1 amide bonds. The van der Waals surface area contributed by atoms with Crippen molar-refractivity contribution in [3.05, 3.63) is 23.8 Å². The molecule has 0 aliphatic heterocycles. The summed E-state index contributed by atoms with van der Waals surface area (Å²) in [4.78, 5) is 12.9. The van der Waals surface area contributed by atoms with E-state index in [-0.39, 0.29) is 17.9 Å². The largest absolute Gasteiger partial charge is 0.508 e. The number of amides is 1. The smallest absolute Gasteiger partial charge is 0.257 e. The van der Waals surface area contributed by atoms with Crippen molar-refractivity contribution in [1.29, 1.82) is 0 Å². The average Bonchev–Trinajstić information content (AvgIpc) is 2.27. The third-order valence-corrected chi connectivity index (χ3v) is 2.57. The first kappa shape index (κ1) is 14.7. The average molecular weight is 324 g/mol. The zero-order valence-electron chi connectivity index (χ0n) is 9.31. The number of phenols is 2. The van der Waals surface area contributed by atoms with Gasteiger partial charge in [-0.3, -0.25) is 4.79 Å². The van der Waals surface area contributed by atoms with Crippen LogP contribution in [0.5, 0.6) is 11.5 Å². The van der Waals surface area contributed by atoms with Gasteiger partial charge in [-0.2, -0.15) is 0 Å². The highest BCUT2D eigenvalue weighted by Crippen LogP contribution is 2.24. The summed E-state index contributed by atoms with van der Waals surface area (Å²) in [6, 6.07) is 3.39. The maximum absolute atomic E-state index is 12.3. The fraction of sp³-hybridized carbons (Fsp3) is 0.364. The van der Waals surface area contributed by atoms with Crippen LogP contribution in [0, 0.1) is 0 Å². The first-order chi connectivity index (χ1) is 8.45. The van der Waals surface area contributed by atoms with E-state index in [2.05, 4.69) is 15.9 Å². The lowest BCUT2D eigenvalue weighted by Gasteiger charge is -2.21. The number of carbonyl (C=O) groups is 1. The number of rotatable bonds is 5. The highest BCUT2D eigenvalue weighted by atomic mass is 79.9. The molecule has 0 bridgehead atoms. The summed E-state index contributed by atoms with van der Waals surface area (Å²) in [6.45, 7) is -0.603. The Morgan fingerprint density at radius 2 is 2.06 bits per heavy atom. The van der Waals surface area contributed by atoms with Crippen LogP contribution in [0.1, 0.15) is 10.4 Å². The lowest BCUT2D eigenvalue weighted by atomic mass is 10.1. The molecule has 0 unspecified atom stereocenters. The molecule has 0 aromatic heterocycles. The van der Waals surface area contributed by atoms with Gasteiger partial charge in [0.15, 0.2) is 0 Å². The zero-order chi connectivity index (χ0) is 13.7. The zero-order valence-corrected chi connectivity index (χ0v) is 10.9. The van der Waals surface area contributed by atoms with E-state index in [1.54, 1.807) is 0 Å². The van der Waals surface area contributed by atoms with Crippen molar-refractivity contribution in [3.8, 4) is 11.5 Å². The fourth-order valence-corrected chi connectivity index (χ4v) is 1.84. The van der Waals surface area contributed by atoms with Gasteiger partial charge in [0.05, 0.1) is 12.1 Å². The van der Waals surface area contributed by atoms with Crippen LogP contribution in [0.3, 0.4) is 0 Å². The molecule has 0 aliphatic carbocycles. The topological polar surface area (TPSA) is 60.8 Å². The molecular weight excluding hydrogens is 312 g/mol. The van der Waals surface area contributed by atoms with Crippen LogP contribution in [0.15, 0.2) is 18.2 Å². The minimum Gasteiger partial charge on any atom is -0.508 e. The van der Waals surface area contributed by atoms with Gasteiger partial charge in [-0.05, 0) is 12.1 Å². The number of carbonyl (C=O) groups excluding carboxylic acids is 1. The SMILES string of the molecule is O=C(c1ccc(O)cc1O)N(CCBr)CC(F)F. The quantitative estimate of drug-likeness (QED) is 0.817. The monoisotopic (exact) mass is 323 g/mol. The molecule has 1 aromatic rings. The molecule has 1 aromatic carbocycles. The molecule has 0 saturated carbocycles. The Balaban J connectivity index is 2.94. The molecule has 0 heterocycles. The normalized spacial score (nSPS) is 10.7. The summed E-state index contributed by atoms with van der Waals surface area (Å²) >= 11 is 3.07. The lowest BCUT2D eigenvalue weighted by molar-refractivity contribution is 0.0570. The number of alkyl halides is 3. The second-order valence-electron chi connectivity index (χ2n) is 3.53. The summed E-state index contributed by atoms with van der Waals surface area (Å²) < 4.78 is 24.7. The third-order valence-electron chi connectivity index (χ3n) is 2.21. The van der Waals surface area contributed by atoms with E-state index in [1.807, 2.05) is 0 Å². The van der Waals surface area contributed by atoms with Crippen LogP contribution >= 0.6 is 15.9 Å². The molecule has 100 valence electrons. The fourth-order valence-electron chi connectivity index (χ4n) is 1.42. The van der Waals surface area contributed by atoms with Crippen molar-refractivity contribution < 1.29 is 23.8 Å². The highest BCUT2D eigenvalue weighted by Gasteiger charge is 2.21. The Hall–Kier alpha value is -1.37. The number of aromatic hydroxyl groups is 2. The summed E-state index contributed by atoms with van der Waals surface area (Å²) in [6.07, 6.45) is -2.65. The lowest BCUT2D eigenvalue weighted by Crippen LogP contribution is -2.36. The van der Waals surface area contributed by atoms with Crippen molar-refractivity contribution >= 4 is 21.8 Å². The van der Waals surface area contributed by atoms with Gasteiger partial charge in [-0.25, -0.2) is 8.78 Å². The molecular formula is C11H12BrF2NO3. The van der Waals surface area contributed by atoms with Gasteiger partial charge in [-0.15, -0.1) is 0 Å². The van der Waals surface area contributed by atoms with Crippen LogP contribution in [0.2, 0.25) is 0 Å². The van der Waals surface area contributed by atoms with E-state index in [4.69, 9.17) is 5.11 Å². The third kappa shape index (κ3) is 3.83. The Morgan fingerprint density at radius 3 is 2.56 bits per heavy atom. The van der Waals surface area contributed by atoms with E-state index in [0.29, 0.717) is 5.33 Å². The Bertz CT molecular complexity index is 429. The maximum atomic E-state index is 12.3. The number of phenolic OH excluding ortho intramolecular Hbond substituents is 2. The van der Waals surface area contributed by atoms with Crippen LogP contribution in [0.25, 0.3) is 0 Å². The molecule has 0 fully saturated rings. The molecule has 1 rings (SSSR count). The van der Waals surface area contributed by atoms with Crippen molar-refractivity contribution in [2.75, 3.05) is 18.4 Å². The molecule has 7 heteroatoms. The minimum atomic E-state index is -2.65. The number of halogens is 3. The standard InChI is InChI=1S/C11H12BrF2NO3/c12-3-4-15(6-10(13)14)11(18)8-2-1-7(16)5-9(8)17/h1-2,5,10,16-17H,3-4,6H2. The molecule has 4 nitrogen and oxygen atoms in total. The molecule has 0 saturated heterocycles. The second-order valence-corrected chi connectivity index (χ2v) is 4.33. The van der Waals surface area contributed by atoms with E-state index < -0.39 is 24.6 Å². The molecule has 0 radical (unpaired) electrons. The van der Waals surface area contributed by atoms with Crippen molar-refractivity contribution in [2.24, 2.45) is 0 Å². The first-order valence-corrected chi connectivity index (χ1v) is 6.23. The van der Waals surface area contributed by atoms with Gasteiger partial charge in [-0.1, -0.05) is 15.9 Å². The minimum absolute atomic E-state index is 0.101. The van der Waals surface area contributed by atoms with Gasteiger partial charge in [0.1, 0.15) is 11.5 Å². The molecule has 2 N–H and O–H groups in total. The maximum Gasteiger partial charge on any atom is 0.257 e. The summed E-state index contributed by atoms with van der Waals surface area (Å²) in [5, 5.41) is 19.0. The first-order valence-electron chi connectivity index (χ1n) is 5.11. The van der Waals surface area contributed by atoms with Gasteiger partial charge in [0, 0.05) is 17.9 Å². The van der Waals surface area contributed by atoms with E-state index >= 15 is 0 Å². The molecule has 0 spiro atoms. The summed E-state index contributed by atoms with van der Waals surface area (Å²) in [7, 11) is 0. The van der Waals surface area contributed by atoms with Crippen molar-refractivity contribution in [3.63, 3.8) is 0 Å². The van der Waals surface area contributed by atoms with Crippen LogP contribution < -0.4 is 0 Å². The summed E-state index contributed by atoms with van der Waals surface area (Å²) in [5.74, 6) is -1.34. The predicted molar refractivity (Wildman–Crippen MR) is 65.5 cm³/mol. The van der Waals surface area contributed by atoms with E-state index in [1.165, 1.54) is 12.1 Å². The molecule has 0 atom stereocenters. The number of hydrogen-bond acceptors (Lipinski definition) is 3. The van der Waals surface area contributed by atoms with Crippen molar-refractivity contribution in [1.82, 2.24) is 4.90 Å². The Kier molecular flexibility index (Phi) is 5.33. The van der Waals surface area contributed by atoms with Gasteiger partial charge in [0.25, 0.3) is 12.3 Å². The van der Waals surface area contributed by atoms with Gasteiger partial charge >= 0.3 is 0 Å². The van der Waals surface area contributed by atoms with Crippen LogP contribution in [0.4, 0.5) is 8.78 Å². The van der Waals surface area contributed by atoms with Gasteiger partial charge in [0.2, 0.25) is 0 Å².